The van der Waals surface area contributed by atoms with Crippen molar-refractivity contribution in [3.63, 3.8) is 0 Å². The summed E-state index contributed by atoms with van der Waals surface area (Å²) in [5, 5.41) is 0. The van der Waals surface area contributed by atoms with Gasteiger partial charge in [-0.1, -0.05) is 26.0 Å². The molecule has 1 aromatic rings. The zero-order chi connectivity index (χ0) is 14.3. The molecule has 0 saturated carbocycles. The van der Waals surface area contributed by atoms with Gasteiger partial charge in [0.2, 0.25) is 0 Å². The third kappa shape index (κ3) is 2.11. The SMILES string of the molecule is Cc1ccc(C2(C(C)(C)CCN)COC2)c(C)c1C. The Morgan fingerprint density at radius 3 is 2.26 bits per heavy atom. The molecule has 2 rings (SSSR count). The van der Waals surface area contributed by atoms with Crippen molar-refractivity contribution in [2.75, 3.05) is 19.8 Å². The van der Waals surface area contributed by atoms with Crippen molar-refractivity contribution < 1.29 is 4.74 Å². The molecule has 1 aliphatic rings. The Balaban J connectivity index is 2.51. The summed E-state index contributed by atoms with van der Waals surface area (Å²) in [5.41, 5.74) is 11.8. The number of aryl methyl sites for hydroxylation is 1. The molecule has 0 aromatic heterocycles. The highest BCUT2D eigenvalue weighted by molar-refractivity contribution is 5.45. The molecule has 0 unspecified atom stereocenters. The quantitative estimate of drug-likeness (QED) is 0.903. The molecule has 0 bridgehead atoms. The first-order valence-corrected chi connectivity index (χ1v) is 7.21. The van der Waals surface area contributed by atoms with Gasteiger partial charge in [0.1, 0.15) is 0 Å². The molecule has 2 nitrogen and oxygen atoms in total. The van der Waals surface area contributed by atoms with Crippen molar-refractivity contribution in [3.05, 3.63) is 34.4 Å². The Bertz CT molecular complexity index is 472. The van der Waals surface area contributed by atoms with Crippen LogP contribution >= 0.6 is 0 Å². The molecule has 0 spiro atoms. The lowest BCUT2D eigenvalue weighted by Crippen LogP contribution is -2.57. The molecule has 1 saturated heterocycles. The molecular weight excluding hydrogens is 234 g/mol. The van der Waals surface area contributed by atoms with Gasteiger partial charge in [0.25, 0.3) is 0 Å². The van der Waals surface area contributed by atoms with Crippen molar-refractivity contribution in [1.82, 2.24) is 0 Å². The van der Waals surface area contributed by atoms with Crippen LogP contribution in [0, 0.1) is 26.2 Å². The van der Waals surface area contributed by atoms with Crippen LogP contribution in [0.4, 0.5) is 0 Å². The maximum atomic E-state index is 5.82. The van der Waals surface area contributed by atoms with Crippen molar-refractivity contribution in [2.24, 2.45) is 11.1 Å². The second-order valence-corrected chi connectivity index (χ2v) is 6.68. The molecule has 19 heavy (non-hydrogen) atoms. The number of ether oxygens (including phenoxy) is 1. The van der Waals surface area contributed by atoms with E-state index in [1.165, 1.54) is 22.3 Å². The van der Waals surface area contributed by atoms with E-state index in [2.05, 4.69) is 46.8 Å². The van der Waals surface area contributed by atoms with E-state index in [1.807, 2.05) is 0 Å². The fourth-order valence-electron chi connectivity index (χ4n) is 3.29. The second-order valence-electron chi connectivity index (χ2n) is 6.68. The van der Waals surface area contributed by atoms with Gasteiger partial charge in [0.15, 0.2) is 0 Å². The Kier molecular flexibility index (Phi) is 3.76. The Morgan fingerprint density at radius 1 is 1.16 bits per heavy atom. The molecule has 2 heteroatoms. The van der Waals surface area contributed by atoms with Gasteiger partial charge >= 0.3 is 0 Å². The summed E-state index contributed by atoms with van der Waals surface area (Å²) in [6.07, 6.45) is 1.03. The fraction of sp³-hybridized carbons (Fsp3) is 0.647. The molecule has 1 aromatic carbocycles. The standard InChI is InChI=1S/C17H27NO/c1-12-6-7-15(14(3)13(12)2)17(10-19-11-17)16(4,5)8-9-18/h6-7H,8-11,18H2,1-5H3. The van der Waals surface area contributed by atoms with Crippen LogP contribution in [0.1, 0.15) is 42.5 Å². The minimum atomic E-state index is 0.134. The normalized spacial score (nSPS) is 18.2. The van der Waals surface area contributed by atoms with Crippen LogP contribution in [0.2, 0.25) is 0 Å². The summed E-state index contributed by atoms with van der Waals surface area (Å²) < 4.78 is 5.61. The molecule has 1 aliphatic heterocycles. The number of hydrogen-bond acceptors (Lipinski definition) is 2. The van der Waals surface area contributed by atoms with E-state index in [0.29, 0.717) is 0 Å². The third-order valence-electron chi connectivity index (χ3n) is 5.34. The third-order valence-corrected chi connectivity index (χ3v) is 5.34. The number of nitrogens with two attached hydrogens (primary N) is 1. The van der Waals surface area contributed by atoms with Crippen LogP contribution in [-0.4, -0.2) is 19.8 Å². The van der Waals surface area contributed by atoms with E-state index < -0.39 is 0 Å². The average Bonchev–Trinajstić information content (AvgIpc) is 2.27. The van der Waals surface area contributed by atoms with Crippen LogP contribution in [0.3, 0.4) is 0 Å². The molecule has 0 radical (unpaired) electrons. The summed E-state index contributed by atoms with van der Waals surface area (Å²) >= 11 is 0. The Labute approximate surface area is 117 Å². The first kappa shape index (κ1) is 14.5. The summed E-state index contributed by atoms with van der Waals surface area (Å²) in [7, 11) is 0. The predicted molar refractivity (Wildman–Crippen MR) is 80.6 cm³/mol. The van der Waals surface area contributed by atoms with Gasteiger partial charge in [-0.25, -0.2) is 0 Å². The summed E-state index contributed by atoms with van der Waals surface area (Å²) in [4.78, 5) is 0. The molecular formula is C17H27NO. The second kappa shape index (κ2) is 4.92. The maximum absolute atomic E-state index is 5.82. The Morgan fingerprint density at radius 2 is 1.79 bits per heavy atom. The van der Waals surface area contributed by atoms with Crippen molar-refractivity contribution in [3.8, 4) is 0 Å². The van der Waals surface area contributed by atoms with Crippen molar-refractivity contribution >= 4 is 0 Å². The molecule has 0 amide bonds. The van der Waals surface area contributed by atoms with Crippen molar-refractivity contribution in [2.45, 2.75) is 46.5 Å². The van der Waals surface area contributed by atoms with E-state index in [4.69, 9.17) is 10.5 Å². The number of hydrogen-bond donors (Lipinski definition) is 1. The highest BCUT2D eigenvalue weighted by Gasteiger charge is 2.52. The van der Waals surface area contributed by atoms with Gasteiger partial charge < -0.3 is 10.5 Å². The molecule has 1 fully saturated rings. The molecule has 0 aliphatic carbocycles. The molecule has 2 N–H and O–H groups in total. The van der Waals surface area contributed by atoms with Crippen molar-refractivity contribution in [1.29, 1.82) is 0 Å². The minimum absolute atomic E-state index is 0.134. The van der Waals surface area contributed by atoms with Gasteiger partial charge in [-0.15, -0.1) is 0 Å². The van der Waals surface area contributed by atoms with Crippen LogP contribution in [0.5, 0.6) is 0 Å². The monoisotopic (exact) mass is 261 g/mol. The Hall–Kier alpha value is -0.860. The zero-order valence-electron chi connectivity index (χ0n) is 13.0. The average molecular weight is 261 g/mol. The molecule has 1 heterocycles. The number of benzene rings is 1. The highest BCUT2D eigenvalue weighted by Crippen LogP contribution is 2.50. The van der Waals surface area contributed by atoms with Crippen LogP contribution < -0.4 is 5.73 Å². The summed E-state index contributed by atoms with van der Waals surface area (Å²) in [6, 6.07) is 4.55. The smallest absolute Gasteiger partial charge is 0.0590 e. The summed E-state index contributed by atoms with van der Waals surface area (Å²) in [6.45, 7) is 13.7. The molecule has 106 valence electrons. The van der Waals surface area contributed by atoms with E-state index in [0.717, 1.165) is 26.2 Å². The largest absolute Gasteiger partial charge is 0.379 e. The maximum Gasteiger partial charge on any atom is 0.0590 e. The predicted octanol–water partition coefficient (Wildman–Crippen LogP) is 3.25. The van der Waals surface area contributed by atoms with Crippen LogP contribution in [-0.2, 0) is 10.2 Å². The minimum Gasteiger partial charge on any atom is -0.379 e. The van der Waals surface area contributed by atoms with E-state index >= 15 is 0 Å². The lowest BCUT2D eigenvalue weighted by Gasteiger charge is -2.53. The van der Waals surface area contributed by atoms with Gasteiger partial charge in [-0.2, -0.15) is 0 Å². The molecule has 0 atom stereocenters. The number of rotatable bonds is 4. The van der Waals surface area contributed by atoms with E-state index in [1.54, 1.807) is 0 Å². The fourth-order valence-corrected chi connectivity index (χ4v) is 3.29. The zero-order valence-corrected chi connectivity index (χ0v) is 13.0. The van der Waals surface area contributed by atoms with Gasteiger partial charge in [0, 0.05) is 5.41 Å². The summed E-state index contributed by atoms with van der Waals surface area (Å²) in [5.74, 6) is 0. The van der Waals surface area contributed by atoms with E-state index in [9.17, 15) is 0 Å². The lowest BCUT2D eigenvalue weighted by molar-refractivity contribution is -0.121. The highest BCUT2D eigenvalue weighted by atomic mass is 16.5. The van der Waals surface area contributed by atoms with Gasteiger partial charge in [-0.05, 0) is 61.4 Å². The van der Waals surface area contributed by atoms with Gasteiger partial charge in [0.05, 0.1) is 13.2 Å². The lowest BCUT2D eigenvalue weighted by atomic mass is 9.58. The van der Waals surface area contributed by atoms with Crippen LogP contribution in [0.15, 0.2) is 12.1 Å². The van der Waals surface area contributed by atoms with Gasteiger partial charge in [-0.3, -0.25) is 0 Å². The first-order valence-electron chi connectivity index (χ1n) is 7.21. The van der Waals surface area contributed by atoms with Crippen LogP contribution in [0.25, 0.3) is 0 Å². The van der Waals surface area contributed by atoms with E-state index in [-0.39, 0.29) is 10.8 Å². The topological polar surface area (TPSA) is 35.2 Å². The first-order chi connectivity index (χ1) is 8.85.